The highest BCUT2D eigenvalue weighted by Gasteiger charge is 2.43. The van der Waals surface area contributed by atoms with E-state index < -0.39 is 6.29 Å². The molecular weight excluding hydrogens is 1360 g/mol. The van der Waals surface area contributed by atoms with Crippen LogP contribution in [0.5, 0.6) is 11.5 Å². The first-order valence-corrected chi connectivity index (χ1v) is 34.0. The van der Waals surface area contributed by atoms with Crippen molar-refractivity contribution in [2.45, 2.75) is 68.6 Å². The van der Waals surface area contributed by atoms with E-state index in [2.05, 4.69) is 135 Å². The van der Waals surface area contributed by atoms with Crippen molar-refractivity contribution in [3.05, 3.63) is 300 Å². The van der Waals surface area contributed by atoms with Gasteiger partial charge in [0.15, 0.2) is 11.5 Å². The van der Waals surface area contributed by atoms with E-state index in [-0.39, 0.29) is 22.7 Å². The summed E-state index contributed by atoms with van der Waals surface area (Å²) in [6, 6.07) is 30.1. The Morgan fingerprint density at radius 1 is 0.539 bits per heavy atom. The van der Waals surface area contributed by atoms with Crippen LogP contribution in [0.1, 0.15) is 49.1 Å². The maximum Gasteiger partial charge on any atom is 0.586 e. The lowest BCUT2D eigenvalue weighted by Crippen LogP contribution is -2.26. The molecule has 1 aliphatic heterocycles. The minimum absolute atomic E-state index is 0.0347. The van der Waals surface area contributed by atoms with Crippen molar-refractivity contribution >= 4 is 78.4 Å². The largest absolute Gasteiger partial charge is 0.586 e. The van der Waals surface area contributed by atoms with Gasteiger partial charge in [-0.05, 0) is 149 Å². The number of para-hydroxylation sites is 2. The molecule has 15 aromatic heterocycles. The number of hydrogen-bond donors (Lipinski definition) is 2. The number of hydrogen-bond acceptors (Lipinski definition) is 19. The molecule has 0 unspecified atom stereocenters. The number of aromatic amines is 2. The molecule has 2 N–H and O–H groups in total. The smallest absolute Gasteiger partial charge is 0.472 e. The highest BCUT2D eigenvalue weighted by Crippen LogP contribution is 2.42. The molecule has 17 aromatic rings. The lowest BCUT2D eigenvalue weighted by molar-refractivity contribution is -0.286. The molecule has 0 bridgehead atoms. The Hall–Kier alpha value is -12.0. The Morgan fingerprint density at radius 3 is 1.84 bits per heavy atom. The van der Waals surface area contributed by atoms with E-state index in [1.807, 2.05) is 166 Å². The van der Waals surface area contributed by atoms with Crippen LogP contribution in [0, 0.1) is 62.3 Å². The second kappa shape index (κ2) is 39.6. The first-order chi connectivity index (χ1) is 49.0. The van der Waals surface area contributed by atoms with Crippen LogP contribution in [0.15, 0.2) is 245 Å². The number of rotatable bonds is 0. The van der Waals surface area contributed by atoms with Crippen molar-refractivity contribution in [1.29, 1.82) is 0 Å². The third-order valence-corrected chi connectivity index (χ3v) is 16.0. The zero-order chi connectivity index (χ0) is 73.4. The molecule has 0 aliphatic carbocycles. The van der Waals surface area contributed by atoms with Gasteiger partial charge in [-0.2, -0.15) is 26.6 Å². The van der Waals surface area contributed by atoms with Crippen LogP contribution in [-0.4, -0.2) is 98.8 Å². The van der Waals surface area contributed by atoms with Crippen molar-refractivity contribution < 1.29 is 22.7 Å². The molecule has 0 atom stereocenters. The predicted octanol–water partition coefficient (Wildman–Crippen LogP) is 15.2. The Bertz CT molecular complexity index is 4940. The van der Waals surface area contributed by atoms with Crippen LogP contribution in [0.2, 0.25) is 0 Å². The molecule has 0 fully saturated rings. The van der Waals surface area contributed by atoms with Gasteiger partial charge in [-0.25, -0.2) is 34.2 Å². The fraction of sp³-hybridized carbons (Fsp3) is 0.192. The molecule has 2 aromatic carbocycles. The third kappa shape index (κ3) is 25.4. The number of benzene rings is 2. The van der Waals surface area contributed by atoms with E-state index in [4.69, 9.17) is 4.42 Å². The van der Waals surface area contributed by atoms with Gasteiger partial charge in [0.1, 0.15) is 0 Å². The number of fused-ring (bicyclic) bond motifs is 6. The van der Waals surface area contributed by atoms with Crippen molar-refractivity contribution in [3.8, 4) is 11.5 Å². The molecular formula is C73H79F2N19O5S3. The summed E-state index contributed by atoms with van der Waals surface area (Å²) in [6.07, 6.45) is 28.2. The number of aromatic nitrogens is 19. The number of furan rings is 1. The predicted molar refractivity (Wildman–Crippen MR) is 399 cm³/mol. The summed E-state index contributed by atoms with van der Waals surface area (Å²) in [4.78, 5) is 61.2. The van der Waals surface area contributed by atoms with Crippen LogP contribution >= 0.6 is 34.0 Å². The molecule has 528 valence electrons. The molecule has 0 saturated carbocycles. The topological polar surface area (TPSA) is 268 Å². The second-order valence-electron chi connectivity index (χ2n) is 22.1. The van der Waals surface area contributed by atoms with Gasteiger partial charge in [0.2, 0.25) is 11.3 Å². The number of alkyl halides is 2. The van der Waals surface area contributed by atoms with Gasteiger partial charge in [-0.3, -0.25) is 33.5 Å². The minimum Gasteiger partial charge on any atom is -0.472 e. The summed E-state index contributed by atoms with van der Waals surface area (Å²) >= 11 is 5.18. The molecule has 18 rings (SSSR count). The van der Waals surface area contributed by atoms with Crippen LogP contribution in [0.4, 0.5) is 8.78 Å². The first kappa shape index (κ1) is 77.4. The maximum atomic E-state index is 12.5. The van der Waals surface area contributed by atoms with Crippen LogP contribution in [0.3, 0.4) is 0 Å². The lowest BCUT2D eigenvalue weighted by Gasteiger charge is -2.04. The first-order valence-electron chi connectivity index (χ1n) is 31.3. The number of aryl methyl sites for hydroxylation is 13. The van der Waals surface area contributed by atoms with E-state index in [0.29, 0.717) is 11.3 Å². The number of nitrogens with one attached hydrogen (secondary N) is 2. The van der Waals surface area contributed by atoms with Gasteiger partial charge >= 0.3 is 12.0 Å². The number of halogens is 2. The van der Waals surface area contributed by atoms with Gasteiger partial charge in [0.05, 0.1) is 95.5 Å². The molecule has 29 heteroatoms. The van der Waals surface area contributed by atoms with E-state index in [1.54, 1.807) is 139 Å². The summed E-state index contributed by atoms with van der Waals surface area (Å²) in [5.41, 5.74) is 12.9. The van der Waals surface area contributed by atoms with Crippen molar-refractivity contribution in [3.63, 3.8) is 0 Å². The fourth-order valence-corrected chi connectivity index (χ4v) is 9.98. The number of imidazole rings is 4. The zero-order valence-electron chi connectivity index (χ0n) is 58.6. The molecule has 0 saturated heterocycles. The normalized spacial score (nSPS) is 10.8. The SMILES string of the molecule is Cc1cc2c(cn1)cnn2C.Cc1cccc2c1OC(F)(F)O2.Cc1cccs1.Cc1ccoc1.Cc1ccsc1.Cc1cnc2ncccn12.Cc1cnc2nccnn12.Cc1cncc2[nH]c(=O)[nH]c12.Cc1cncs1.Cn1ccccc1=O.Cn1ccnc1.Cn1ncc2ccccc21. The number of nitrogens with zero attached hydrogens (tertiary/aromatic N) is 17. The van der Waals surface area contributed by atoms with E-state index in [0.717, 1.165) is 50.4 Å². The Labute approximate surface area is 599 Å². The average Bonchev–Trinajstić information content (AvgIpc) is 1.70. The summed E-state index contributed by atoms with van der Waals surface area (Å²) in [5.74, 6) is 1.64. The van der Waals surface area contributed by atoms with E-state index in [9.17, 15) is 18.4 Å². The maximum absolute atomic E-state index is 12.5. The molecule has 16 heterocycles. The highest BCUT2D eigenvalue weighted by atomic mass is 32.1. The summed E-state index contributed by atoms with van der Waals surface area (Å²) in [5, 5.41) is 20.8. The van der Waals surface area contributed by atoms with Gasteiger partial charge in [-0.15, -0.1) is 31.5 Å². The fourth-order valence-electron chi connectivity index (χ4n) is 8.38. The highest BCUT2D eigenvalue weighted by molar-refractivity contribution is 7.10. The third-order valence-electron chi connectivity index (χ3n) is 13.7. The standard InChI is InChI=1S/C8H6F2O2.C8H9N3.C8H8N2.C7H7N3O.C7H7N3.C6H6N4.C6H7NO.C5H6O.2C5H6S.C4H6N2.C4H5NS/c1-5-3-2-4-6-7(5)12-8(9,10)11-6;1-6-3-8-7(4-9-6)5-10-11(8)2;1-10-8-5-3-2-4-7(8)6-9-10;1-4-2-8-3-5-6(4)10-7(11)9-5;1-6-5-9-7-8-3-2-4-10(6)7;1-5-4-8-6-7-2-3-9-10(5)6;1-7-5-3-2-4-6(7)8;2*1-5-2-3-6-4-5;1-5-3-2-4-6-5;1-6-3-2-5-4-6;1-4-2-5-3-6-4/h2-4H,1H3;3-5H,1-2H3;2-6H,1H3;2-3H,1H3,(H2,9,10,11);2-5H,1H3;2-4H,1H3;2-5H,1H3;4*2-4H,1H3;2-3H,1H3. The Morgan fingerprint density at radius 2 is 1.29 bits per heavy atom. The van der Waals surface area contributed by atoms with Gasteiger partial charge in [0, 0.05) is 116 Å². The van der Waals surface area contributed by atoms with E-state index >= 15 is 0 Å². The van der Waals surface area contributed by atoms with Gasteiger partial charge < -0.3 is 33.0 Å². The van der Waals surface area contributed by atoms with Crippen molar-refractivity contribution in [2.24, 2.45) is 28.2 Å². The van der Waals surface area contributed by atoms with Crippen LogP contribution < -0.4 is 20.7 Å². The summed E-state index contributed by atoms with van der Waals surface area (Å²) in [7, 11) is 7.54. The number of ether oxygens (including phenoxy) is 2. The van der Waals surface area contributed by atoms with Crippen molar-refractivity contribution in [1.82, 2.24) is 92.5 Å². The molecule has 0 spiro atoms. The lowest BCUT2D eigenvalue weighted by atomic mass is 10.2. The quantitative estimate of drug-likeness (QED) is 0.143. The number of thiazole rings is 1. The second-order valence-corrected chi connectivity index (χ2v) is 25.1. The average molecular weight is 1440 g/mol. The number of pyridine rings is 3. The van der Waals surface area contributed by atoms with Crippen LogP contribution in [0.25, 0.3) is 44.4 Å². The number of H-pyrrole nitrogens is 2. The Balaban J connectivity index is 0.000000157. The summed E-state index contributed by atoms with van der Waals surface area (Å²) in [6.45, 7) is 17.7. The number of thiophene rings is 2. The molecule has 102 heavy (non-hydrogen) atoms. The zero-order valence-corrected chi connectivity index (χ0v) is 61.0. The van der Waals surface area contributed by atoms with Gasteiger partial charge in [-0.1, -0.05) is 42.5 Å². The molecule has 0 amide bonds. The molecule has 1 aliphatic rings. The molecule has 0 radical (unpaired) electrons. The summed E-state index contributed by atoms with van der Waals surface area (Å²) < 4.78 is 48.9. The monoisotopic (exact) mass is 1440 g/mol. The van der Waals surface area contributed by atoms with E-state index in [1.165, 1.54) is 48.5 Å². The van der Waals surface area contributed by atoms with Crippen LogP contribution in [-0.2, 0) is 28.2 Å². The minimum atomic E-state index is -3.51. The Kier molecular flexibility index (Phi) is 30.0. The molecule has 24 nitrogen and oxygen atoms in total. The van der Waals surface area contributed by atoms with Gasteiger partial charge in [0.25, 0.3) is 5.78 Å². The van der Waals surface area contributed by atoms with Crippen molar-refractivity contribution in [2.75, 3.05) is 0 Å².